The predicted octanol–water partition coefficient (Wildman–Crippen LogP) is 0.183. The molecule has 0 saturated carbocycles. The number of rotatable bonds is 3. The van der Waals surface area contributed by atoms with Crippen LogP contribution >= 0.6 is 0 Å². The number of hydrogen-bond acceptors (Lipinski definition) is 6. The summed E-state index contributed by atoms with van der Waals surface area (Å²) in [6, 6.07) is 0. The van der Waals surface area contributed by atoms with Gasteiger partial charge >= 0.3 is 12.1 Å². The van der Waals surface area contributed by atoms with Gasteiger partial charge in [0.1, 0.15) is 0 Å². The Balaban J connectivity index is 3.61. The first kappa shape index (κ1) is 10.7. The molecule has 1 N–H and O–H groups in total. The lowest BCUT2D eigenvalue weighted by atomic mass is 10.7. The van der Waals surface area contributed by atoms with E-state index in [9.17, 15) is 9.59 Å². The Morgan fingerprint density at radius 1 is 1.33 bits per heavy atom. The lowest BCUT2D eigenvalue weighted by molar-refractivity contribution is -0.166. The van der Waals surface area contributed by atoms with Gasteiger partial charge in [0.2, 0.25) is 6.29 Å². The normalized spacial score (nSPS) is 11.6. The molecule has 0 aliphatic heterocycles. The Morgan fingerprint density at radius 3 is 2.33 bits per heavy atom. The van der Waals surface area contributed by atoms with Crippen LogP contribution in [0.25, 0.3) is 0 Å². The van der Waals surface area contributed by atoms with Gasteiger partial charge in [0.25, 0.3) is 0 Å². The highest BCUT2D eigenvalue weighted by Crippen LogP contribution is 1.95. The van der Waals surface area contributed by atoms with Gasteiger partial charge in [0, 0.05) is 20.9 Å². The van der Waals surface area contributed by atoms with Crippen molar-refractivity contribution in [3.63, 3.8) is 0 Å². The predicted molar refractivity (Wildman–Crippen MR) is 37.9 cm³/mol. The molecule has 6 heteroatoms. The van der Waals surface area contributed by atoms with Crippen molar-refractivity contribution >= 4 is 12.1 Å². The fraction of sp³-hybridized carbons (Fsp3) is 0.667. The summed E-state index contributed by atoms with van der Waals surface area (Å²) in [7, 11) is 1.40. The summed E-state index contributed by atoms with van der Waals surface area (Å²) in [6.45, 7) is 2.61. The summed E-state index contributed by atoms with van der Waals surface area (Å²) in [5.74, 6) is -0.528. The Hall–Kier alpha value is -1.30. The fourth-order valence-electron chi connectivity index (χ4n) is 0.501. The lowest BCUT2D eigenvalue weighted by Gasteiger charge is -2.11. The molecule has 0 amide bonds. The molecule has 0 bridgehead atoms. The molecule has 6 nitrogen and oxygen atoms in total. The quantitative estimate of drug-likeness (QED) is 0.376. The van der Waals surface area contributed by atoms with Crippen molar-refractivity contribution < 1.29 is 23.9 Å². The number of carbonyl (C=O) groups excluding carboxylic acids is 2. The van der Waals surface area contributed by atoms with Crippen molar-refractivity contribution in [2.75, 3.05) is 7.05 Å². The van der Waals surface area contributed by atoms with Crippen LogP contribution in [0.2, 0.25) is 0 Å². The third-order valence-corrected chi connectivity index (χ3v) is 0.780. The molecule has 0 rings (SSSR count). The molecule has 0 radical (unpaired) electrons. The Morgan fingerprint density at radius 2 is 1.92 bits per heavy atom. The van der Waals surface area contributed by atoms with E-state index in [1.807, 2.05) is 0 Å². The van der Waals surface area contributed by atoms with E-state index < -0.39 is 18.4 Å². The number of hydroxylamine groups is 1. The largest absolute Gasteiger partial charge is 0.530 e. The van der Waals surface area contributed by atoms with Crippen molar-refractivity contribution in [3.05, 3.63) is 0 Å². The monoisotopic (exact) mass is 177 g/mol. The molecule has 1 unspecified atom stereocenters. The van der Waals surface area contributed by atoms with E-state index in [-0.39, 0.29) is 0 Å². The second-order valence-electron chi connectivity index (χ2n) is 1.85. The highest BCUT2D eigenvalue weighted by molar-refractivity contribution is 5.66. The molecule has 0 aromatic heterocycles. The Labute approximate surface area is 69.7 Å². The summed E-state index contributed by atoms with van der Waals surface area (Å²) in [6.07, 6.45) is -1.89. The van der Waals surface area contributed by atoms with Crippen molar-refractivity contribution in [2.24, 2.45) is 0 Å². The summed E-state index contributed by atoms with van der Waals surface area (Å²) >= 11 is 0. The smallest absolute Gasteiger partial charge is 0.426 e. The van der Waals surface area contributed by atoms with Gasteiger partial charge in [-0.3, -0.25) is 4.79 Å². The molecule has 0 saturated heterocycles. The average molecular weight is 177 g/mol. The topological polar surface area (TPSA) is 73.9 Å². The van der Waals surface area contributed by atoms with Crippen LogP contribution < -0.4 is 5.48 Å². The van der Waals surface area contributed by atoms with E-state index in [0.29, 0.717) is 0 Å². The molecule has 0 aliphatic rings. The van der Waals surface area contributed by atoms with E-state index >= 15 is 0 Å². The molecular formula is C6H11NO5. The summed E-state index contributed by atoms with van der Waals surface area (Å²) in [4.78, 5) is 25.1. The van der Waals surface area contributed by atoms with Crippen LogP contribution in [0.15, 0.2) is 0 Å². The van der Waals surface area contributed by atoms with Crippen LogP contribution in [0.3, 0.4) is 0 Å². The zero-order valence-corrected chi connectivity index (χ0v) is 7.12. The average Bonchev–Trinajstić information content (AvgIpc) is 1.84. The van der Waals surface area contributed by atoms with E-state index in [1.54, 1.807) is 0 Å². The summed E-state index contributed by atoms with van der Waals surface area (Å²) in [5.41, 5.74) is 2.11. The molecule has 70 valence electrons. The van der Waals surface area contributed by atoms with Crippen LogP contribution in [-0.2, 0) is 19.1 Å². The van der Waals surface area contributed by atoms with Crippen LogP contribution in [0.4, 0.5) is 4.79 Å². The van der Waals surface area contributed by atoms with Gasteiger partial charge in [0.15, 0.2) is 0 Å². The zero-order chi connectivity index (χ0) is 9.56. The number of carbonyl (C=O) groups is 2. The minimum Gasteiger partial charge on any atom is -0.426 e. The van der Waals surface area contributed by atoms with Gasteiger partial charge in [-0.25, -0.2) is 4.79 Å². The third kappa shape index (κ3) is 5.48. The number of esters is 1. The Bertz CT molecular complexity index is 169. The maximum Gasteiger partial charge on any atom is 0.530 e. The lowest BCUT2D eigenvalue weighted by Crippen LogP contribution is -2.24. The van der Waals surface area contributed by atoms with E-state index in [2.05, 4.69) is 19.8 Å². The first-order chi connectivity index (χ1) is 5.56. The van der Waals surface area contributed by atoms with Crippen molar-refractivity contribution in [1.29, 1.82) is 0 Å². The summed E-state index contributed by atoms with van der Waals surface area (Å²) < 4.78 is 8.91. The molecular weight excluding hydrogens is 166 g/mol. The highest BCUT2D eigenvalue weighted by Gasteiger charge is 2.11. The molecule has 0 aromatic carbocycles. The SMILES string of the molecule is CNOC(=O)OC(C)OC(C)=O. The fourth-order valence-corrected chi connectivity index (χ4v) is 0.501. The van der Waals surface area contributed by atoms with Crippen molar-refractivity contribution in [1.82, 2.24) is 5.48 Å². The molecule has 0 aromatic rings. The van der Waals surface area contributed by atoms with Crippen molar-refractivity contribution in [3.8, 4) is 0 Å². The minimum atomic E-state index is -0.953. The third-order valence-electron chi connectivity index (χ3n) is 0.780. The van der Waals surface area contributed by atoms with Gasteiger partial charge in [-0.05, 0) is 0 Å². The van der Waals surface area contributed by atoms with Gasteiger partial charge in [0.05, 0.1) is 0 Å². The number of hydrogen-bond donors (Lipinski definition) is 1. The Kier molecular flexibility index (Phi) is 4.78. The van der Waals surface area contributed by atoms with Gasteiger partial charge in [-0.1, -0.05) is 0 Å². The second kappa shape index (κ2) is 5.36. The maximum atomic E-state index is 10.5. The summed E-state index contributed by atoms with van der Waals surface area (Å²) in [5, 5.41) is 0. The van der Waals surface area contributed by atoms with Crippen LogP contribution in [0.5, 0.6) is 0 Å². The van der Waals surface area contributed by atoms with Gasteiger partial charge in [-0.15, -0.1) is 0 Å². The van der Waals surface area contributed by atoms with Gasteiger partial charge < -0.3 is 14.3 Å². The highest BCUT2D eigenvalue weighted by atomic mass is 16.8. The van der Waals surface area contributed by atoms with Gasteiger partial charge in [-0.2, -0.15) is 5.48 Å². The molecule has 0 spiro atoms. The number of ether oxygens (including phenoxy) is 2. The molecule has 0 heterocycles. The van der Waals surface area contributed by atoms with E-state index in [4.69, 9.17) is 0 Å². The standard InChI is InChI=1S/C6H11NO5/c1-4(8)10-5(2)11-6(9)12-7-3/h5,7H,1-3H3. The maximum absolute atomic E-state index is 10.5. The molecule has 0 fully saturated rings. The van der Waals surface area contributed by atoms with Crippen LogP contribution in [0.1, 0.15) is 13.8 Å². The van der Waals surface area contributed by atoms with Crippen molar-refractivity contribution in [2.45, 2.75) is 20.1 Å². The molecule has 0 aliphatic carbocycles. The molecule has 1 atom stereocenters. The first-order valence-electron chi connectivity index (χ1n) is 3.27. The van der Waals surface area contributed by atoms with E-state index in [0.717, 1.165) is 0 Å². The number of nitrogens with one attached hydrogen (secondary N) is 1. The van der Waals surface area contributed by atoms with Crippen LogP contribution in [-0.4, -0.2) is 25.5 Å². The second-order valence-corrected chi connectivity index (χ2v) is 1.85. The zero-order valence-electron chi connectivity index (χ0n) is 7.12. The van der Waals surface area contributed by atoms with Crippen LogP contribution in [0, 0.1) is 0 Å². The first-order valence-corrected chi connectivity index (χ1v) is 3.27. The minimum absolute atomic E-state index is 0.528. The molecule has 12 heavy (non-hydrogen) atoms. The van der Waals surface area contributed by atoms with E-state index in [1.165, 1.54) is 20.9 Å².